The highest BCUT2D eigenvalue weighted by Gasteiger charge is 2.31. The van der Waals surface area contributed by atoms with Gasteiger partial charge in [0.05, 0.1) is 18.1 Å². The van der Waals surface area contributed by atoms with Crippen LogP contribution in [0, 0.1) is 12.8 Å². The predicted octanol–water partition coefficient (Wildman–Crippen LogP) is 1.94. The zero-order valence-corrected chi connectivity index (χ0v) is 13.0. The molecule has 22 heavy (non-hydrogen) atoms. The van der Waals surface area contributed by atoms with E-state index < -0.39 is 0 Å². The maximum Gasteiger partial charge on any atom is 0.101 e. The van der Waals surface area contributed by atoms with Crippen LogP contribution in [0.2, 0.25) is 0 Å². The number of aromatic amines is 1. The van der Waals surface area contributed by atoms with Gasteiger partial charge < -0.3 is 10.1 Å². The van der Waals surface area contributed by atoms with Gasteiger partial charge in [-0.2, -0.15) is 10.2 Å². The van der Waals surface area contributed by atoms with Crippen molar-refractivity contribution in [1.29, 1.82) is 0 Å². The Morgan fingerprint density at radius 3 is 3.05 bits per heavy atom. The van der Waals surface area contributed by atoms with Crippen molar-refractivity contribution in [3.05, 3.63) is 35.4 Å². The third-order valence-electron chi connectivity index (χ3n) is 4.69. The van der Waals surface area contributed by atoms with Gasteiger partial charge >= 0.3 is 0 Å². The molecule has 0 aromatic carbocycles. The molecule has 2 aromatic heterocycles. The van der Waals surface area contributed by atoms with Crippen molar-refractivity contribution in [2.45, 2.75) is 51.4 Å². The van der Waals surface area contributed by atoms with Crippen LogP contribution in [0.15, 0.2) is 18.6 Å². The molecule has 1 saturated heterocycles. The zero-order chi connectivity index (χ0) is 14.9. The molecule has 4 rings (SSSR count). The molecule has 0 bridgehead atoms. The van der Waals surface area contributed by atoms with Crippen LogP contribution in [-0.4, -0.2) is 32.6 Å². The van der Waals surface area contributed by atoms with Crippen molar-refractivity contribution in [3.63, 3.8) is 0 Å². The fourth-order valence-electron chi connectivity index (χ4n) is 3.10. The summed E-state index contributed by atoms with van der Waals surface area (Å²) in [6, 6.07) is 0.335. The van der Waals surface area contributed by atoms with E-state index in [9.17, 15) is 0 Å². The van der Waals surface area contributed by atoms with E-state index in [1.54, 1.807) is 0 Å². The largest absolute Gasteiger partial charge is 0.372 e. The summed E-state index contributed by atoms with van der Waals surface area (Å²) in [5.41, 5.74) is 3.53. The summed E-state index contributed by atoms with van der Waals surface area (Å²) in [7, 11) is 0. The van der Waals surface area contributed by atoms with E-state index in [0.29, 0.717) is 6.04 Å². The third-order valence-corrected chi connectivity index (χ3v) is 4.69. The van der Waals surface area contributed by atoms with Gasteiger partial charge in [0.15, 0.2) is 0 Å². The molecule has 6 heteroatoms. The first-order chi connectivity index (χ1) is 10.8. The lowest BCUT2D eigenvalue weighted by molar-refractivity contribution is 0.0983. The predicted molar refractivity (Wildman–Crippen MR) is 82.2 cm³/mol. The molecule has 0 spiro atoms. The minimum absolute atomic E-state index is 0.108. The average molecular weight is 301 g/mol. The third kappa shape index (κ3) is 2.94. The van der Waals surface area contributed by atoms with Gasteiger partial charge in [-0.25, -0.2) is 0 Å². The number of hydrogen-bond donors (Lipinski definition) is 2. The van der Waals surface area contributed by atoms with Gasteiger partial charge in [0.2, 0.25) is 0 Å². The number of nitrogens with zero attached hydrogens (tertiary/aromatic N) is 3. The Morgan fingerprint density at radius 2 is 2.27 bits per heavy atom. The fraction of sp³-hybridized carbons (Fsp3) is 0.625. The summed E-state index contributed by atoms with van der Waals surface area (Å²) in [4.78, 5) is 0. The molecule has 0 amide bonds. The number of aryl methyl sites for hydroxylation is 1. The van der Waals surface area contributed by atoms with Gasteiger partial charge in [-0.1, -0.05) is 0 Å². The Labute approximate surface area is 130 Å². The van der Waals surface area contributed by atoms with Crippen molar-refractivity contribution in [1.82, 2.24) is 25.3 Å². The maximum absolute atomic E-state index is 5.94. The molecule has 2 aromatic rings. The molecule has 2 atom stereocenters. The topological polar surface area (TPSA) is 67.8 Å². The van der Waals surface area contributed by atoms with Gasteiger partial charge in [-0.05, 0) is 37.7 Å². The Hall–Kier alpha value is -1.66. The highest BCUT2D eigenvalue weighted by molar-refractivity contribution is 5.15. The van der Waals surface area contributed by atoms with E-state index in [0.717, 1.165) is 37.7 Å². The molecule has 6 nitrogen and oxygen atoms in total. The normalized spacial score (nSPS) is 25.0. The molecular weight excluding hydrogens is 278 g/mol. The first kappa shape index (κ1) is 14.0. The molecule has 1 saturated carbocycles. The number of ether oxygens (including phenoxy) is 1. The molecule has 3 heterocycles. The lowest BCUT2D eigenvalue weighted by Gasteiger charge is -2.18. The van der Waals surface area contributed by atoms with Crippen LogP contribution in [0.3, 0.4) is 0 Å². The van der Waals surface area contributed by atoms with E-state index in [-0.39, 0.29) is 6.10 Å². The van der Waals surface area contributed by atoms with Crippen LogP contribution in [-0.2, 0) is 17.8 Å². The minimum atomic E-state index is 0.108. The van der Waals surface area contributed by atoms with Crippen molar-refractivity contribution >= 4 is 0 Å². The van der Waals surface area contributed by atoms with Crippen LogP contribution < -0.4 is 5.32 Å². The lowest BCUT2D eigenvalue weighted by Crippen LogP contribution is -2.31. The van der Waals surface area contributed by atoms with Gasteiger partial charge in [0.1, 0.15) is 6.10 Å². The molecule has 0 unspecified atom stereocenters. The lowest BCUT2D eigenvalue weighted by atomic mass is 10.1. The summed E-state index contributed by atoms with van der Waals surface area (Å²) in [5.74, 6) is 0.842. The summed E-state index contributed by atoms with van der Waals surface area (Å²) in [5, 5.41) is 15.2. The standard InChI is InChI=1S/C16H23N5O/c1-11-6-18-20-15(11)8-17-14-4-5-22-16(14)13-7-19-21(10-13)9-12-2-3-12/h6-7,10,12,14,16-17H,2-5,8-9H2,1H3,(H,18,20)/t14-,16+/m0/s1. The summed E-state index contributed by atoms with van der Waals surface area (Å²) < 4.78 is 8.02. The second-order valence-corrected chi connectivity index (χ2v) is 6.54. The highest BCUT2D eigenvalue weighted by atomic mass is 16.5. The molecule has 1 aliphatic carbocycles. The smallest absolute Gasteiger partial charge is 0.101 e. The fourth-order valence-corrected chi connectivity index (χ4v) is 3.10. The number of rotatable bonds is 6. The number of H-pyrrole nitrogens is 1. The van der Waals surface area contributed by atoms with Gasteiger partial charge in [0, 0.05) is 37.5 Å². The second kappa shape index (κ2) is 5.85. The SMILES string of the molecule is Cc1cn[nH]c1CN[C@H]1CCO[C@@H]1c1cnn(CC2CC2)c1. The average Bonchev–Trinajstić information content (AvgIpc) is 2.92. The molecular formula is C16H23N5O. The van der Waals surface area contributed by atoms with E-state index in [2.05, 4.69) is 38.4 Å². The van der Waals surface area contributed by atoms with Crippen LogP contribution in [0.5, 0.6) is 0 Å². The van der Waals surface area contributed by atoms with E-state index >= 15 is 0 Å². The molecule has 118 valence electrons. The molecule has 1 aliphatic heterocycles. The Balaban J connectivity index is 1.39. The van der Waals surface area contributed by atoms with Crippen molar-refractivity contribution in [2.24, 2.45) is 5.92 Å². The van der Waals surface area contributed by atoms with E-state index in [1.807, 2.05) is 12.4 Å². The van der Waals surface area contributed by atoms with E-state index in [1.165, 1.54) is 24.0 Å². The maximum atomic E-state index is 5.94. The number of nitrogens with one attached hydrogen (secondary N) is 2. The molecule has 0 radical (unpaired) electrons. The summed E-state index contributed by atoms with van der Waals surface area (Å²) >= 11 is 0. The van der Waals surface area contributed by atoms with Crippen molar-refractivity contribution in [2.75, 3.05) is 6.61 Å². The molecule has 2 aliphatic rings. The minimum Gasteiger partial charge on any atom is -0.372 e. The summed E-state index contributed by atoms with van der Waals surface area (Å²) in [6.07, 6.45) is 9.83. The van der Waals surface area contributed by atoms with Crippen LogP contribution in [0.4, 0.5) is 0 Å². The first-order valence-electron chi connectivity index (χ1n) is 8.16. The van der Waals surface area contributed by atoms with Crippen LogP contribution in [0.25, 0.3) is 0 Å². The number of aromatic nitrogens is 4. The molecule has 2 fully saturated rings. The molecule has 2 N–H and O–H groups in total. The van der Waals surface area contributed by atoms with Crippen LogP contribution >= 0.6 is 0 Å². The van der Waals surface area contributed by atoms with Crippen molar-refractivity contribution < 1.29 is 4.74 Å². The second-order valence-electron chi connectivity index (χ2n) is 6.54. The zero-order valence-electron chi connectivity index (χ0n) is 13.0. The summed E-state index contributed by atoms with van der Waals surface area (Å²) in [6.45, 7) is 4.73. The van der Waals surface area contributed by atoms with Gasteiger partial charge in [-0.15, -0.1) is 0 Å². The Kier molecular flexibility index (Phi) is 3.72. The number of hydrogen-bond acceptors (Lipinski definition) is 4. The van der Waals surface area contributed by atoms with Crippen LogP contribution in [0.1, 0.15) is 42.2 Å². The Bertz CT molecular complexity index is 630. The van der Waals surface area contributed by atoms with Gasteiger partial charge in [-0.3, -0.25) is 9.78 Å². The van der Waals surface area contributed by atoms with Crippen molar-refractivity contribution in [3.8, 4) is 0 Å². The quantitative estimate of drug-likeness (QED) is 0.855. The first-order valence-corrected chi connectivity index (χ1v) is 8.16. The van der Waals surface area contributed by atoms with Gasteiger partial charge in [0.25, 0.3) is 0 Å². The monoisotopic (exact) mass is 301 g/mol. The Morgan fingerprint density at radius 1 is 1.36 bits per heavy atom. The van der Waals surface area contributed by atoms with E-state index in [4.69, 9.17) is 4.74 Å². The highest BCUT2D eigenvalue weighted by Crippen LogP contribution is 2.32.